The van der Waals surface area contributed by atoms with Crippen LogP contribution in [0.2, 0.25) is 0 Å². The van der Waals surface area contributed by atoms with Crippen molar-refractivity contribution in [3.05, 3.63) is 0 Å². The third kappa shape index (κ3) is 3.33. The molecule has 0 saturated carbocycles. The summed E-state index contributed by atoms with van der Waals surface area (Å²) in [5.41, 5.74) is 6.16. The van der Waals surface area contributed by atoms with Gasteiger partial charge in [0.05, 0.1) is 0 Å². The first-order valence-corrected chi connectivity index (χ1v) is 2.41. The Bertz CT molecular complexity index is 120. The third-order valence-corrected chi connectivity index (χ3v) is 0.567. The van der Waals surface area contributed by atoms with Gasteiger partial charge in [-0.05, 0) is 13.8 Å². The van der Waals surface area contributed by atoms with Gasteiger partial charge in [-0.2, -0.15) is 0 Å². The maximum absolute atomic E-state index is 5.24. The van der Waals surface area contributed by atoms with E-state index in [0.717, 1.165) is 5.71 Å². The van der Waals surface area contributed by atoms with Crippen molar-refractivity contribution >= 4 is 11.7 Å². The lowest BCUT2D eigenvalue weighted by Crippen LogP contribution is -2.08. The van der Waals surface area contributed by atoms with Gasteiger partial charge in [0.15, 0.2) is 0 Å². The molecular formula is C5H11N3. The first kappa shape index (κ1) is 7.14. The maximum Gasteiger partial charge on any atom is 0.214 e. The second kappa shape index (κ2) is 3.18. The quantitative estimate of drug-likeness (QED) is 0.359. The van der Waals surface area contributed by atoms with Gasteiger partial charge in [-0.15, -0.1) is 0 Å². The summed E-state index contributed by atoms with van der Waals surface area (Å²) < 4.78 is 0. The van der Waals surface area contributed by atoms with Crippen LogP contribution >= 0.6 is 0 Å². The second-order valence-electron chi connectivity index (χ2n) is 1.64. The summed E-state index contributed by atoms with van der Waals surface area (Å²) in [6.45, 7) is 3.75. The zero-order valence-corrected chi connectivity index (χ0v) is 5.47. The standard InChI is InChI=1S/C5H11N3/c1-4(2)8-5(6)7-3/h1-3H3,(H2,6,7). The Morgan fingerprint density at radius 2 is 1.88 bits per heavy atom. The molecule has 0 radical (unpaired) electrons. The van der Waals surface area contributed by atoms with E-state index in [-0.39, 0.29) is 0 Å². The molecule has 0 heterocycles. The summed E-state index contributed by atoms with van der Waals surface area (Å²) in [4.78, 5) is 7.48. The molecule has 0 saturated heterocycles. The van der Waals surface area contributed by atoms with Crippen LogP contribution in [-0.4, -0.2) is 18.7 Å². The molecule has 3 heteroatoms. The Hall–Kier alpha value is -0.860. The average Bonchev–Trinajstić information content (AvgIpc) is 1.65. The fourth-order valence-electron chi connectivity index (χ4n) is 0.279. The second-order valence-corrected chi connectivity index (χ2v) is 1.64. The highest BCUT2D eigenvalue weighted by molar-refractivity contribution is 5.93. The van der Waals surface area contributed by atoms with Gasteiger partial charge in [-0.25, -0.2) is 4.99 Å². The molecule has 0 aliphatic heterocycles. The highest BCUT2D eigenvalue weighted by atomic mass is 15.0. The van der Waals surface area contributed by atoms with Gasteiger partial charge in [0, 0.05) is 12.8 Å². The molecule has 2 N–H and O–H groups in total. The molecule has 3 nitrogen and oxygen atoms in total. The van der Waals surface area contributed by atoms with E-state index in [1.807, 2.05) is 13.8 Å². The van der Waals surface area contributed by atoms with E-state index in [9.17, 15) is 0 Å². The summed E-state index contributed by atoms with van der Waals surface area (Å²) in [6.07, 6.45) is 0. The first-order valence-electron chi connectivity index (χ1n) is 2.41. The Labute approximate surface area is 49.3 Å². The lowest BCUT2D eigenvalue weighted by Gasteiger charge is -1.87. The molecule has 0 spiro atoms. The molecule has 0 fully saturated rings. The van der Waals surface area contributed by atoms with Crippen LogP contribution in [-0.2, 0) is 0 Å². The fourth-order valence-corrected chi connectivity index (χ4v) is 0.279. The molecule has 46 valence electrons. The molecule has 0 atom stereocenters. The zero-order valence-electron chi connectivity index (χ0n) is 5.47. The Morgan fingerprint density at radius 3 is 2.00 bits per heavy atom. The molecule has 0 rings (SSSR count). The van der Waals surface area contributed by atoms with Crippen molar-refractivity contribution in [2.75, 3.05) is 7.05 Å². The maximum atomic E-state index is 5.24. The van der Waals surface area contributed by atoms with Gasteiger partial charge in [-0.3, -0.25) is 4.99 Å². The van der Waals surface area contributed by atoms with Crippen molar-refractivity contribution < 1.29 is 0 Å². The molecule has 0 amide bonds. The van der Waals surface area contributed by atoms with Crippen molar-refractivity contribution in [2.24, 2.45) is 15.7 Å². The summed E-state index contributed by atoms with van der Waals surface area (Å²) >= 11 is 0. The van der Waals surface area contributed by atoms with Crippen LogP contribution in [0.5, 0.6) is 0 Å². The average molecular weight is 113 g/mol. The molecule has 0 aromatic carbocycles. The molecule has 0 unspecified atom stereocenters. The van der Waals surface area contributed by atoms with E-state index in [1.165, 1.54) is 0 Å². The number of nitrogens with zero attached hydrogens (tertiary/aromatic N) is 2. The normalized spacial score (nSPS) is 11.1. The van der Waals surface area contributed by atoms with Crippen LogP contribution in [0.25, 0.3) is 0 Å². The lowest BCUT2D eigenvalue weighted by atomic mass is 10.5. The van der Waals surface area contributed by atoms with Crippen LogP contribution in [0.15, 0.2) is 9.98 Å². The van der Waals surface area contributed by atoms with E-state index in [0.29, 0.717) is 5.96 Å². The largest absolute Gasteiger partial charge is 0.368 e. The minimum Gasteiger partial charge on any atom is -0.368 e. The van der Waals surface area contributed by atoms with Crippen LogP contribution < -0.4 is 5.73 Å². The third-order valence-electron chi connectivity index (χ3n) is 0.567. The number of nitrogens with two attached hydrogens (primary N) is 1. The van der Waals surface area contributed by atoms with Gasteiger partial charge in [0.2, 0.25) is 5.96 Å². The van der Waals surface area contributed by atoms with Crippen molar-refractivity contribution in [1.82, 2.24) is 0 Å². The van der Waals surface area contributed by atoms with Crippen molar-refractivity contribution in [3.8, 4) is 0 Å². The Kier molecular flexibility index (Phi) is 2.84. The topological polar surface area (TPSA) is 50.7 Å². The Balaban J connectivity index is 3.89. The molecule has 0 aromatic heterocycles. The zero-order chi connectivity index (χ0) is 6.57. The fraction of sp³-hybridized carbons (Fsp3) is 0.600. The minimum atomic E-state index is 0.338. The van der Waals surface area contributed by atoms with Crippen LogP contribution in [0.4, 0.5) is 0 Å². The first-order chi connectivity index (χ1) is 3.66. The van der Waals surface area contributed by atoms with Crippen molar-refractivity contribution in [1.29, 1.82) is 0 Å². The molecule has 0 bridgehead atoms. The highest BCUT2D eigenvalue weighted by Gasteiger charge is 1.80. The van der Waals surface area contributed by atoms with Crippen LogP contribution in [0.1, 0.15) is 13.8 Å². The number of hydrogen-bond acceptors (Lipinski definition) is 1. The summed E-state index contributed by atoms with van der Waals surface area (Å²) in [5.74, 6) is 0.338. The van der Waals surface area contributed by atoms with Crippen LogP contribution in [0.3, 0.4) is 0 Å². The number of aliphatic imine (C=N–C) groups is 2. The van der Waals surface area contributed by atoms with E-state index in [4.69, 9.17) is 5.73 Å². The van der Waals surface area contributed by atoms with E-state index in [2.05, 4.69) is 9.98 Å². The molecular weight excluding hydrogens is 102 g/mol. The molecule has 0 aromatic rings. The summed E-state index contributed by atoms with van der Waals surface area (Å²) in [5, 5.41) is 0. The lowest BCUT2D eigenvalue weighted by molar-refractivity contribution is 1.35. The van der Waals surface area contributed by atoms with Crippen molar-refractivity contribution in [2.45, 2.75) is 13.8 Å². The summed E-state index contributed by atoms with van der Waals surface area (Å²) in [6, 6.07) is 0. The number of rotatable bonds is 0. The van der Waals surface area contributed by atoms with E-state index < -0.39 is 0 Å². The highest BCUT2D eigenvalue weighted by Crippen LogP contribution is 1.73. The molecule has 0 aliphatic carbocycles. The van der Waals surface area contributed by atoms with E-state index >= 15 is 0 Å². The van der Waals surface area contributed by atoms with Gasteiger partial charge >= 0.3 is 0 Å². The van der Waals surface area contributed by atoms with E-state index in [1.54, 1.807) is 7.05 Å². The SMILES string of the molecule is CN=C(N)N=C(C)C. The molecule has 0 aliphatic rings. The minimum absolute atomic E-state index is 0.338. The van der Waals surface area contributed by atoms with Gasteiger partial charge in [0.25, 0.3) is 0 Å². The smallest absolute Gasteiger partial charge is 0.214 e. The van der Waals surface area contributed by atoms with Gasteiger partial charge in [0.1, 0.15) is 0 Å². The number of hydrogen-bond donors (Lipinski definition) is 1. The predicted molar refractivity (Wildman–Crippen MR) is 36.3 cm³/mol. The number of guanidine groups is 1. The van der Waals surface area contributed by atoms with Crippen LogP contribution in [0, 0.1) is 0 Å². The van der Waals surface area contributed by atoms with Gasteiger partial charge in [-0.1, -0.05) is 0 Å². The predicted octanol–water partition coefficient (Wildman–Crippen LogP) is 0.412. The molecule has 8 heavy (non-hydrogen) atoms. The Morgan fingerprint density at radius 1 is 1.38 bits per heavy atom. The monoisotopic (exact) mass is 113 g/mol. The summed E-state index contributed by atoms with van der Waals surface area (Å²) in [7, 11) is 1.61. The van der Waals surface area contributed by atoms with Gasteiger partial charge < -0.3 is 5.73 Å². The van der Waals surface area contributed by atoms with Crippen molar-refractivity contribution in [3.63, 3.8) is 0 Å².